The molecular weight excluding hydrogens is 443 g/mol. The largest absolute Gasteiger partial charge is 0.343 e. The highest BCUT2D eigenvalue weighted by Crippen LogP contribution is 2.20. The number of nitrogens with zero attached hydrogens (tertiary/aromatic N) is 8. The number of pyridine rings is 1. The first-order valence-electron chi connectivity index (χ1n) is 9.11. The van der Waals surface area contributed by atoms with Crippen molar-refractivity contribution < 1.29 is 9.59 Å². The first kappa shape index (κ1) is 20.9. The quantitative estimate of drug-likeness (QED) is 0.434. The van der Waals surface area contributed by atoms with Gasteiger partial charge in [-0.2, -0.15) is 15.3 Å². The van der Waals surface area contributed by atoms with Gasteiger partial charge in [0.15, 0.2) is 16.6 Å². The van der Waals surface area contributed by atoms with Crippen LogP contribution in [0.2, 0.25) is 10.2 Å². The molecule has 158 valence electrons. The van der Waals surface area contributed by atoms with Gasteiger partial charge in [-0.25, -0.2) is 14.5 Å². The minimum absolute atomic E-state index is 0.0184. The molecule has 1 amide bonds. The molecule has 12 heteroatoms. The number of carbonyl (C=O) groups is 2. The number of Topliss-reactive ketones (excluding diaryl/α,β-unsaturated/α-hetero) is 1. The molecule has 0 atom stereocenters. The number of amides is 1. The summed E-state index contributed by atoms with van der Waals surface area (Å²) in [6.07, 6.45) is 6.13. The minimum Gasteiger partial charge on any atom is -0.343 e. The van der Waals surface area contributed by atoms with Gasteiger partial charge in [-0.1, -0.05) is 23.2 Å². The van der Waals surface area contributed by atoms with Crippen molar-refractivity contribution in [3.8, 4) is 5.82 Å². The summed E-state index contributed by atoms with van der Waals surface area (Å²) in [5, 5.41) is 12.6. The summed E-state index contributed by atoms with van der Waals surface area (Å²) in [6.45, 7) is 0. The van der Waals surface area contributed by atoms with Crippen molar-refractivity contribution in [1.29, 1.82) is 0 Å². The van der Waals surface area contributed by atoms with Crippen molar-refractivity contribution in [1.82, 2.24) is 39.5 Å². The van der Waals surface area contributed by atoms with Crippen molar-refractivity contribution in [3.05, 3.63) is 63.9 Å². The fourth-order valence-corrected chi connectivity index (χ4v) is 3.49. The lowest BCUT2D eigenvalue weighted by Gasteiger charge is -2.15. The number of carbonyl (C=O) groups excluding carboxylic acids is 2. The number of halogens is 2. The van der Waals surface area contributed by atoms with E-state index in [1.54, 1.807) is 32.4 Å². The second-order valence-electron chi connectivity index (χ2n) is 6.93. The van der Waals surface area contributed by atoms with Gasteiger partial charge >= 0.3 is 0 Å². The summed E-state index contributed by atoms with van der Waals surface area (Å²) in [4.78, 5) is 36.8. The number of ketones is 1. The van der Waals surface area contributed by atoms with Crippen LogP contribution >= 0.6 is 23.2 Å². The van der Waals surface area contributed by atoms with E-state index in [0.29, 0.717) is 27.6 Å². The molecule has 0 unspecified atom stereocenters. The Balaban J connectivity index is 1.59. The molecule has 4 heterocycles. The normalized spacial score (nSPS) is 11.1. The molecule has 0 N–H and O–H groups in total. The molecule has 10 nitrogen and oxygen atoms in total. The van der Waals surface area contributed by atoms with Gasteiger partial charge < -0.3 is 4.90 Å². The Bertz CT molecular complexity index is 1280. The molecule has 31 heavy (non-hydrogen) atoms. The fourth-order valence-electron chi connectivity index (χ4n) is 3.05. The summed E-state index contributed by atoms with van der Waals surface area (Å²) >= 11 is 12.3. The third kappa shape index (κ3) is 4.25. The highest BCUT2D eigenvalue weighted by Gasteiger charge is 2.22. The van der Waals surface area contributed by atoms with Gasteiger partial charge in [0, 0.05) is 51.0 Å². The van der Waals surface area contributed by atoms with Gasteiger partial charge in [0.2, 0.25) is 0 Å². The van der Waals surface area contributed by atoms with Gasteiger partial charge in [0.1, 0.15) is 11.5 Å². The van der Waals surface area contributed by atoms with E-state index < -0.39 is 0 Å². The zero-order valence-electron chi connectivity index (χ0n) is 16.5. The van der Waals surface area contributed by atoms with Crippen LogP contribution in [-0.4, -0.2) is 65.3 Å². The molecule has 0 bridgehead atoms. The molecule has 0 saturated heterocycles. The summed E-state index contributed by atoms with van der Waals surface area (Å²) in [6, 6.07) is 3.19. The molecule has 0 fully saturated rings. The monoisotopic (exact) mass is 458 g/mol. The average molecular weight is 459 g/mol. The summed E-state index contributed by atoms with van der Waals surface area (Å²) in [5.41, 5.74) is 1.74. The lowest BCUT2D eigenvalue weighted by atomic mass is 10.0. The Morgan fingerprint density at radius 3 is 2.45 bits per heavy atom. The van der Waals surface area contributed by atoms with Crippen LogP contribution in [-0.2, 0) is 17.6 Å². The van der Waals surface area contributed by atoms with E-state index in [1.165, 1.54) is 32.8 Å². The molecule has 4 aromatic rings. The van der Waals surface area contributed by atoms with Crippen molar-refractivity contribution in [3.63, 3.8) is 0 Å². The van der Waals surface area contributed by atoms with E-state index in [-0.39, 0.29) is 35.4 Å². The molecule has 4 aromatic heterocycles. The molecular formula is C19H16Cl2N8O2. The highest BCUT2D eigenvalue weighted by atomic mass is 35.5. The van der Waals surface area contributed by atoms with Crippen LogP contribution in [0.4, 0.5) is 0 Å². The van der Waals surface area contributed by atoms with E-state index >= 15 is 0 Å². The topological polar surface area (TPSA) is 111 Å². The number of hydrogen-bond donors (Lipinski definition) is 0. The summed E-state index contributed by atoms with van der Waals surface area (Å²) < 4.78 is 1.36. The van der Waals surface area contributed by atoms with E-state index in [0.717, 1.165) is 0 Å². The molecule has 0 spiro atoms. The zero-order valence-corrected chi connectivity index (χ0v) is 18.0. The van der Waals surface area contributed by atoms with Crippen molar-refractivity contribution in [2.75, 3.05) is 14.1 Å². The first-order valence-corrected chi connectivity index (χ1v) is 9.86. The molecule has 0 radical (unpaired) electrons. The predicted octanol–water partition coefficient (Wildman–Crippen LogP) is 2.07. The first-order chi connectivity index (χ1) is 14.8. The molecule has 0 aliphatic heterocycles. The van der Waals surface area contributed by atoms with Gasteiger partial charge in [0.05, 0.1) is 17.4 Å². The Labute approximate surface area is 186 Å². The molecule has 4 rings (SSSR count). The van der Waals surface area contributed by atoms with Crippen LogP contribution in [0.25, 0.3) is 11.5 Å². The maximum Gasteiger partial charge on any atom is 0.272 e. The number of hydrogen-bond acceptors (Lipinski definition) is 7. The lowest BCUT2D eigenvalue weighted by molar-refractivity contribution is -0.117. The number of rotatable bonds is 6. The Kier molecular flexibility index (Phi) is 5.66. The Hall–Kier alpha value is -3.37. The molecule has 0 aliphatic carbocycles. The minimum atomic E-state index is -0.309. The lowest BCUT2D eigenvalue weighted by Crippen LogP contribution is -2.27. The molecule has 0 aliphatic rings. The highest BCUT2D eigenvalue weighted by molar-refractivity contribution is 6.32. The molecule has 0 saturated carbocycles. The smallest absolute Gasteiger partial charge is 0.272 e. The second kappa shape index (κ2) is 8.40. The van der Waals surface area contributed by atoms with E-state index in [1.807, 2.05) is 0 Å². The zero-order chi connectivity index (χ0) is 22.1. The third-order valence-electron chi connectivity index (χ3n) is 4.41. The van der Waals surface area contributed by atoms with Crippen molar-refractivity contribution in [2.24, 2.45) is 0 Å². The van der Waals surface area contributed by atoms with Crippen LogP contribution < -0.4 is 0 Å². The SMILES string of the molecule is CN(C)C(=O)c1c(CC(=O)Cc2cnc(-n3nccn3)c(Cl)c2)cnc2cc(Cl)nn12. The van der Waals surface area contributed by atoms with Crippen LogP contribution in [0.3, 0.4) is 0 Å². The van der Waals surface area contributed by atoms with E-state index in [9.17, 15) is 9.59 Å². The molecule has 0 aromatic carbocycles. The third-order valence-corrected chi connectivity index (χ3v) is 4.88. The van der Waals surface area contributed by atoms with Crippen LogP contribution in [0.5, 0.6) is 0 Å². The number of fused-ring (bicyclic) bond motifs is 1. The van der Waals surface area contributed by atoms with Gasteiger partial charge in [-0.15, -0.1) is 4.80 Å². The van der Waals surface area contributed by atoms with Crippen molar-refractivity contribution in [2.45, 2.75) is 12.8 Å². The van der Waals surface area contributed by atoms with Crippen LogP contribution in [0.15, 0.2) is 36.9 Å². The maximum absolute atomic E-state index is 12.8. The standard InChI is InChI=1S/C19H16Cl2N8O2/c1-27(2)19(31)17-12(10-22-16-8-15(21)26-28(16)17)7-13(30)5-11-6-14(20)18(23-9-11)29-24-3-4-25-29/h3-4,6,8-10H,5,7H2,1-2H3. The average Bonchev–Trinajstić information content (AvgIpc) is 3.36. The number of aromatic nitrogens is 7. The van der Waals surface area contributed by atoms with Gasteiger partial charge in [0.25, 0.3) is 5.91 Å². The van der Waals surface area contributed by atoms with Crippen LogP contribution in [0, 0.1) is 0 Å². The summed E-state index contributed by atoms with van der Waals surface area (Å²) in [5.74, 6) is -0.0854. The van der Waals surface area contributed by atoms with E-state index in [2.05, 4.69) is 25.3 Å². The predicted molar refractivity (Wildman–Crippen MR) is 113 cm³/mol. The maximum atomic E-state index is 12.8. The fraction of sp³-hybridized carbons (Fsp3) is 0.211. The Morgan fingerprint density at radius 2 is 1.77 bits per heavy atom. The van der Waals surface area contributed by atoms with E-state index in [4.69, 9.17) is 23.2 Å². The summed E-state index contributed by atoms with van der Waals surface area (Å²) in [7, 11) is 3.24. The van der Waals surface area contributed by atoms with Gasteiger partial charge in [-0.3, -0.25) is 9.59 Å². The van der Waals surface area contributed by atoms with Crippen molar-refractivity contribution >= 4 is 40.5 Å². The van der Waals surface area contributed by atoms with Gasteiger partial charge in [-0.05, 0) is 11.6 Å². The van der Waals surface area contributed by atoms with Crippen LogP contribution in [0.1, 0.15) is 21.6 Å². The Morgan fingerprint density at radius 1 is 1.03 bits per heavy atom. The second-order valence-corrected chi connectivity index (χ2v) is 7.72.